The molecule has 2 amide bonds. The molecule has 0 atom stereocenters. The molecule has 2 rings (SSSR count). The summed E-state index contributed by atoms with van der Waals surface area (Å²) >= 11 is 0.676. The topological polar surface area (TPSA) is 121 Å². The number of aryl methyl sites for hydroxylation is 1. The normalized spacial score (nSPS) is 10.6. The molecule has 0 radical (unpaired) electrons. The Morgan fingerprint density at radius 2 is 1.93 bits per heavy atom. The number of aliphatic hydroxyl groups excluding tert-OH is 1. The summed E-state index contributed by atoms with van der Waals surface area (Å²) in [5.74, 6) is -3.75. The van der Waals surface area contributed by atoms with Gasteiger partial charge in [-0.15, -0.1) is 0 Å². The van der Waals surface area contributed by atoms with Gasteiger partial charge in [0.05, 0.1) is 0 Å². The largest absolute Gasteiger partial charge is 0.477 e. The first-order chi connectivity index (χ1) is 13.4. The third kappa shape index (κ3) is 5.14. The van der Waals surface area contributed by atoms with Gasteiger partial charge in [-0.1, -0.05) is 19.1 Å². The average molecular weight is 415 g/mol. The van der Waals surface area contributed by atoms with Gasteiger partial charge in [0.15, 0.2) is 17.2 Å². The van der Waals surface area contributed by atoms with Crippen LogP contribution < -0.4 is 15.4 Å². The second-order valence-corrected chi connectivity index (χ2v) is 6.38. The maximum Gasteiger partial charge on any atom is 0.344 e. The van der Waals surface area contributed by atoms with Crippen LogP contribution in [0.2, 0.25) is 0 Å². The molecule has 0 aliphatic heterocycles. The third-order valence-electron chi connectivity index (χ3n) is 3.71. The van der Waals surface area contributed by atoms with Crippen LogP contribution in [0.4, 0.5) is 18.6 Å². The second-order valence-electron chi connectivity index (χ2n) is 5.61. The van der Waals surface area contributed by atoms with Crippen molar-refractivity contribution in [2.75, 3.05) is 18.5 Å². The van der Waals surface area contributed by atoms with Crippen LogP contribution in [-0.2, 0) is 13.0 Å². The van der Waals surface area contributed by atoms with Crippen LogP contribution >= 0.6 is 11.5 Å². The summed E-state index contributed by atoms with van der Waals surface area (Å²) in [5, 5.41) is 22.8. The molecule has 0 fully saturated rings. The summed E-state index contributed by atoms with van der Waals surface area (Å²) in [6.07, 6.45) is 0.670. The van der Waals surface area contributed by atoms with E-state index in [2.05, 4.69) is 15.0 Å². The number of rotatable bonds is 9. The number of hydrogen-bond donors (Lipinski definition) is 4. The molecule has 152 valence electrons. The summed E-state index contributed by atoms with van der Waals surface area (Å²) < 4.78 is 37.0. The number of nitrogens with one attached hydrogen (secondary N) is 2. The van der Waals surface area contributed by atoms with Crippen molar-refractivity contribution in [2.24, 2.45) is 0 Å². The lowest BCUT2D eigenvalue weighted by molar-refractivity contribution is 0.0693. The maximum absolute atomic E-state index is 14.1. The molecule has 0 saturated heterocycles. The van der Waals surface area contributed by atoms with Gasteiger partial charge in [0.1, 0.15) is 11.6 Å². The first kappa shape index (κ1) is 21.5. The minimum atomic E-state index is -1.40. The lowest BCUT2D eigenvalue weighted by Crippen LogP contribution is -2.30. The van der Waals surface area contributed by atoms with Gasteiger partial charge in [-0.05, 0) is 29.9 Å². The molecule has 1 heterocycles. The Morgan fingerprint density at radius 1 is 1.25 bits per heavy atom. The van der Waals surface area contributed by atoms with Crippen LogP contribution in [0.15, 0.2) is 12.1 Å². The summed E-state index contributed by atoms with van der Waals surface area (Å²) in [6.45, 7) is 1.36. The monoisotopic (exact) mass is 415 g/mol. The van der Waals surface area contributed by atoms with E-state index in [9.17, 15) is 23.5 Å². The number of aliphatic hydroxyl groups is 1. The number of benzene rings is 1. The number of halogens is 2. The molecular weight excluding hydrogens is 396 g/mol. The van der Waals surface area contributed by atoms with Gasteiger partial charge in [0.25, 0.3) is 0 Å². The molecule has 0 unspecified atom stereocenters. The zero-order valence-electron chi connectivity index (χ0n) is 14.9. The molecule has 28 heavy (non-hydrogen) atoms. The summed E-state index contributed by atoms with van der Waals surface area (Å²) in [7, 11) is 0. The zero-order valence-corrected chi connectivity index (χ0v) is 15.7. The highest BCUT2D eigenvalue weighted by Gasteiger charge is 2.24. The second kappa shape index (κ2) is 9.95. The SMILES string of the molecule is CCc1ccc(COc2nsc(NC(=O)NCCCO)c2C(=O)O)c(F)c1F. The number of nitrogens with zero attached hydrogens (tertiary/aromatic N) is 1. The van der Waals surface area contributed by atoms with E-state index in [-0.39, 0.29) is 35.2 Å². The van der Waals surface area contributed by atoms with Crippen LogP contribution in [0.1, 0.15) is 34.8 Å². The predicted molar refractivity (Wildman–Crippen MR) is 97.9 cm³/mol. The Kier molecular flexibility index (Phi) is 7.64. The van der Waals surface area contributed by atoms with Gasteiger partial charge < -0.3 is 20.3 Å². The molecule has 11 heteroatoms. The first-order valence-corrected chi connectivity index (χ1v) is 9.13. The van der Waals surface area contributed by atoms with E-state index in [4.69, 9.17) is 9.84 Å². The van der Waals surface area contributed by atoms with Crippen molar-refractivity contribution in [3.8, 4) is 5.88 Å². The number of carbonyl (C=O) groups is 2. The predicted octanol–water partition coefficient (Wildman–Crippen LogP) is 2.76. The van der Waals surface area contributed by atoms with Gasteiger partial charge in [0, 0.05) is 18.7 Å². The number of aromatic carboxylic acids is 1. The third-order valence-corrected chi connectivity index (χ3v) is 4.46. The molecule has 0 saturated carbocycles. The van der Waals surface area contributed by atoms with Crippen LogP contribution in [0.25, 0.3) is 0 Å². The smallest absolute Gasteiger partial charge is 0.344 e. The lowest BCUT2D eigenvalue weighted by Gasteiger charge is -2.09. The molecule has 4 N–H and O–H groups in total. The van der Waals surface area contributed by atoms with Crippen LogP contribution in [0.5, 0.6) is 5.88 Å². The van der Waals surface area contributed by atoms with Crippen molar-refractivity contribution in [2.45, 2.75) is 26.4 Å². The van der Waals surface area contributed by atoms with E-state index in [0.717, 1.165) is 0 Å². The highest BCUT2D eigenvalue weighted by atomic mass is 32.1. The van der Waals surface area contributed by atoms with E-state index in [0.29, 0.717) is 24.4 Å². The summed E-state index contributed by atoms with van der Waals surface area (Å²) in [6, 6.07) is 2.12. The number of amides is 2. The van der Waals surface area contributed by atoms with Gasteiger partial charge in [-0.2, -0.15) is 4.37 Å². The maximum atomic E-state index is 14.1. The molecule has 0 bridgehead atoms. The Hall–Kier alpha value is -2.79. The minimum Gasteiger partial charge on any atom is -0.477 e. The fraction of sp³-hybridized carbons (Fsp3) is 0.353. The Balaban J connectivity index is 2.12. The molecular formula is C17H19F2N3O5S. The fourth-order valence-electron chi connectivity index (χ4n) is 2.24. The molecule has 8 nitrogen and oxygen atoms in total. The number of carboxylic acids is 1. The Bertz CT molecular complexity index is 860. The summed E-state index contributed by atoms with van der Waals surface area (Å²) in [5.41, 5.74) is -0.261. The lowest BCUT2D eigenvalue weighted by atomic mass is 10.1. The quantitative estimate of drug-likeness (QED) is 0.468. The van der Waals surface area contributed by atoms with Crippen molar-refractivity contribution < 1.29 is 33.3 Å². The van der Waals surface area contributed by atoms with E-state index in [1.807, 2.05) is 0 Å². The van der Waals surface area contributed by atoms with Crippen molar-refractivity contribution in [3.63, 3.8) is 0 Å². The van der Waals surface area contributed by atoms with Gasteiger partial charge in [-0.25, -0.2) is 18.4 Å². The van der Waals surface area contributed by atoms with Gasteiger partial charge in [-0.3, -0.25) is 5.32 Å². The zero-order chi connectivity index (χ0) is 20.7. The van der Waals surface area contributed by atoms with Gasteiger partial charge >= 0.3 is 12.0 Å². The van der Waals surface area contributed by atoms with E-state index in [1.54, 1.807) is 6.92 Å². The number of aromatic nitrogens is 1. The van der Waals surface area contributed by atoms with Crippen molar-refractivity contribution in [1.82, 2.24) is 9.69 Å². The summed E-state index contributed by atoms with van der Waals surface area (Å²) in [4.78, 5) is 23.3. The van der Waals surface area contributed by atoms with Crippen molar-refractivity contribution in [3.05, 3.63) is 40.5 Å². The number of ether oxygens (including phenoxy) is 1. The average Bonchev–Trinajstić information content (AvgIpc) is 3.06. The highest BCUT2D eigenvalue weighted by Crippen LogP contribution is 2.31. The molecule has 1 aromatic carbocycles. The van der Waals surface area contributed by atoms with E-state index in [1.165, 1.54) is 12.1 Å². The standard InChI is InChI=1S/C17H19F2N3O5S/c1-2-9-4-5-10(13(19)12(9)18)8-27-14-11(16(24)25)15(28-22-14)21-17(26)20-6-3-7-23/h4-5,23H,2-3,6-8H2,1H3,(H,24,25)(H2,20,21,26). The number of carboxylic acid groups (broad SMARTS) is 1. The molecule has 1 aromatic heterocycles. The Morgan fingerprint density at radius 3 is 2.57 bits per heavy atom. The molecule has 0 spiro atoms. The first-order valence-electron chi connectivity index (χ1n) is 8.36. The number of hydrogen-bond acceptors (Lipinski definition) is 6. The fourth-order valence-corrected chi connectivity index (χ4v) is 2.96. The minimum absolute atomic E-state index is 0.0722. The molecule has 0 aliphatic carbocycles. The Labute approximate surface area is 163 Å². The van der Waals surface area contributed by atoms with Crippen LogP contribution in [-0.4, -0.2) is 39.7 Å². The van der Waals surface area contributed by atoms with Crippen LogP contribution in [0.3, 0.4) is 0 Å². The van der Waals surface area contributed by atoms with Crippen molar-refractivity contribution >= 4 is 28.5 Å². The molecule has 0 aliphatic rings. The highest BCUT2D eigenvalue weighted by molar-refractivity contribution is 7.11. The van der Waals surface area contributed by atoms with Crippen LogP contribution in [0, 0.1) is 11.6 Å². The van der Waals surface area contributed by atoms with E-state index >= 15 is 0 Å². The number of urea groups is 1. The van der Waals surface area contributed by atoms with E-state index < -0.39 is 35.8 Å². The number of carbonyl (C=O) groups excluding carboxylic acids is 1. The van der Waals surface area contributed by atoms with Crippen molar-refractivity contribution in [1.29, 1.82) is 0 Å². The molecule has 2 aromatic rings. The van der Waals surface area contributed by atoms with Gasteiger partial charge in [0.2, 0.25) is 5.88 Å². The number of anilines is 1.